The van der Waals surface area contributed by atoms with Crippen LogP contribution in [-0.4, -0.2) is 22.8 Å². The topological polar surface area (TPSA) is 52.5 Å². The molecule has 3 nitrogen and oxygen atoms in total. The molecule has 3 heteroatoms. The molecule has 2 rings (SSSR count). The first kappa shape index (κ1) is 10.1. The van der Waals surface area contributed by atoms with Crippen LogP contribution in [0.4, 0.5) is 0 Å². The maximum Gasteiger partial charge on any atom is 0.157 e. The van der Waals surface area contributed by atoms with Gasteiger partial charge in [-0.15, -0.1) is 0 Å². The quantitative estimate of drug-likeness (QED) is 0.613. The molecule has 0 spiro atoms. The summed E-state index contributed by atoms with van der Waals surface area (Å²) in [6, 6.07) is 5.43. The molecular weight excluding hydrogens is 190 g/mol. The largest absolute Gasteiger partial charge is 0.504 e. The van der Waals surface area contributed by atoms with Gasteiger partial charge in [0.15, 0.2) is 11.5 Å². The third-order valence-corrected chi connectivity index (χ3v) is 2.69. The third-order valence-electron chi connectivity index (χ3n) is 2.69. The first-order chi connectivity index (χ1) is 7.16. The number of hydrogen-bond acceptors (Lipinski definition) is 3. The van der Waals surface area contributed by atoms with Gasteiger partial charge in [0.05, 0.1) is 0 Å². The summed E-state index contributed by atoms with van der Waals surface area (Å²) < 4.78 is 0. The van der Waals surface area contributed by atoms with Gasteiger partial charge in [-0.05, 0) is 36.6 Å². The van der Waals surface area contributed by atoms with E-state index < -0.39 is 0 Å². The van der Waals surface area contributed by atoms with Gasteiger partial charge in [-0.2, -0.15) is 0 Å². The van der Waals surface area contributed by atoms with Gasteiger partial charge in [-0.25, -0.2) is 0 Å². The number of aromatic hydroxyl groups is 2. The minimum absolute atomic E-state index is 0.0559. The molecule has 1 unspecified atom stereocenters. The molecule has 0 saturated carbocycles. The molecule has 80 valence electrons. The molecule has 1 atom stereocenters. The summed E-state index contributed by atoms with van der Waals surface area (Å²) in [7, 11) is 0. The minimum Gasteiger partial charge on any atom is -0.504 e. The molecule has 1 aromatic rings. The molecule has 0 radical (unpaired) electrons. The van der Waals surface area contributed by atoms with E-state index in [0.717, 1.165) is 18.5 Å². The van der Waals surface area contributed by atoms with E-state index in [1.165, 1.54) is 11.6 Å². The Balaban J connectivity index is 2.29. The Morgan fingerprint density at radius 3 is 2.73 bits per heavy atom. The zero-order valence-corrected chi connectivity index (χ0v) is 8.70. The van der Waals surface area contributed by atoms with Crippen LogP contribution in [0.2, 0.25) is 0 Å². The molecule has 0 amide bonds. The van der Waals surface area contributed by atoms with Crippen LogP contribution in [0.25, 0.3) is 5.57 Å². The Morgan fingerprint density at radius 1 is 1.27 bits per heavy atom. The van der Waals surface area contributed by atoms with Crippen LogP contribution in [0.3, 0.4) is 0 Å². The Kier molecular flexibility index (Phi) is 2.64. The van der Waals surface area contributed by atoms with Gasteiger partial charge in [0, 0.05) is 12.6 Å². The number of rotatable bonds is 1. The number of nitrogens with one attached hydrogen (secondary N) is 1. The van der Waals surface area contributed by atoms with Gasteiger partial charge < -0.3 is 15.5 Å². The van der Waals surface area contributed by atoms with Crippen molar-refractivity contribution in [2.45, 2.75) is 19.4 Å². The fraction of sp³-hybridized carbons (Fsp3) is 0.333. The zero-order valence-electron chi connectivity index (χ0n) is 8.70. The van der Waals surface area contributed by atoms with Gasteiger partial charge in [0.25, 0.3) is 0 Å². The number of hydrogen-bond donors (Lipinski definition) is 3. The molecule has 0 aromatic heterocycles. The number of phenolic OH excluding ortho intramolecular Hbond substituents is 2. The van der Waals surface area contributed by atoms with Crippen molar-refractivity contribution in [2.24, 2.45) is 0 Å². The summed E-state index contributed by atoms with van der Waals surface area (Å²) in [5, 5.41) is 21.9. The predicted molar refractivity (Wildman–Crippen MR) is 59.8 cm³/mol. The van der Waals surface area contributed by atoms with E-state index in [0.29, 0.717) is 6.04 Å². The summed E-state index contributed by atoms with van der Waals surface area (Å²) in [6.07, 6.45) is 3.07. The van der Waals surface area contributed by atoms with Crippen molar-refractivity contribution in [1.82, 2.24) is 5.32 Å². The number of phenols is 2. The minimum atomic E-state index is -0.0682. The third kappa shape index (κ3) is 2.13. The summed E-state index contributed by atoms with van der Waals surface area (Å²) >= 11 is 0. The van der Waals surface area contributed by atoms with Gasteiger partial charge in [0.1, 0.15) is 0 Å². The van der Waals surface area contributed by atoms with Crippen LogP contribution in [0.5, 0.6) is 11.5 Å². The highest BCUT2D eigenvalue weighted by Crippen LogP contribution is 2.30. The van der Waals surface area contributed by atoms with Crippen LogP contribution in [0.1, 0.15) is 18.9 Å². The SMILES string of the molecule is CC1CC(c2ccc(O)c(O)c2)=CCN1. The molecule has 1 aromatic carbocycles. The highest BCUT2D eigenvalue weighted by Gasteiger charge is 2.12. The van der Waals surface area contributed by atoms with Crippen molar-refractivity contribution < 1.29 is 10.2 Å². The van der Waals surface area contributed by atoms with Crippen LogP contribution < -0.4 is 5.32 Å². The van der Waals surface area contributed by atoms with E-state index in [9.17, 15) is 10.2 Å². The monoisotopic (exact) mass is 205 g/mol. The zero-order chi connectivity index (χ0) is 10.8. The van der Waals surface area contributed by atoms with E-state index in [1.807, 2.05) is 6.07 Å². The lowest BCUT2D eigenvalue weighted by atomic mass is 9.96. The molecular formula is C12H15NO2. The van der Waals surface area contributed by atoms with Crippen LogP contribution >= 0.6 is 0 Å². The van der Waals surface area contributed by atoms with Gasteiger partial charge in [-0.1, -0.05) is 12.1 Å². The van der Waals surface area contributed by atoms with E-state index in [-0.39, 0.29) is 11.5 Å². The van der Waals surface area contributed by atoms with Crippen molar-refractivity contribution in [1.29, 1.82) is 0 Å². The van der Waals surface area contributed by atoms with E-state index in [4.69, 9.17) is 0 Å². The first-order valence-electron chi connectivity index (χ1n) is 5.11. The van der Waals surface area contributed by atoms with Crippen LogP contribution in [0.15, 0.2) is 24.3 Å². The van der Waals surface area contributed by atoms with Crippen molar-refractivity contribution in [2.75, 3.05) is 6.54 Å². The number of benzene rings is 1. The lowest BCUT2D eigenvalue weighted by Crippen LogP contribution is -2.29. The molecule has 0 bridgehead atoms. The van der Waals surface area contributed by atoms with E-state index in [2.05, 4.69) is 18.3 Å². The second-order valence-electron chi connectivity index (χ2n) is 3.95. The standard InChI is InChI=1S/C12H15NO2/c1-8-6-10(4-5-13-8)9-2-3-11(14)12(15)7-9/h2-4,7-8,13-15H,5-6H2,1H3. The molecule has 0 saturated heterocycles. The van der Waals surface area contributed by atoms with Crippen molar-refractivity contribution in [3.63, 3.8) is 0 Å². The normalized spacial score (nSPS) is 21.1. The highest BCUT2D eigenvalue weighted by atomic mass is 16.3. The first-order valence-corrected chi connectivity index (χ1v) is 5.11. The second-order valence-corrected chi connectivity index (χ2v) is 3.95. The Morgan fingerprint density at radius 2 is 2.07 bits per heavy atom. The molecule has 0 fully saturated rings. The Labute approximate surface area is 89.1 Å². The summed E-state index contributed by atoms with van der Waals surface area (Å²) in [5.41, 5.74) is 2.20. The average Bonchev–Trinajstić information content (AvgIpc) is 2.22. The maximum atomic E-state index is 9.40. The molecule has 0 aliphatic carbocycles. The van der Waals surface area contributed by atoms with Crippen molar-refractivity contribution in [3.05, 3.63) is 29.8 Å². The molecule has 1 heterocycles. The second kappa shape index (κ2) is 3.95. The van der Waals surface area contributed by atoms with Gasteiger partial charge >= 0.3 is 0 Å². The average molecular weight is 205 g/mol. The molecule has 1 aliphatic rings. The fourth-order valence-electron chi connectivity index (χ4n) is 1.83. The summed E-state index contributed by atoms with van der Waals surface area (Å²) in [4.78, 5) is 0. The van der Waals surface area contributed by atoms with Crippen molar-refractivity contribution >= 4 is 5.57 Å². The van der Waals surface area contributed by atoms with Crippen molar-refractivity contribution in [3.8, 4) is 11.5 Å². The molecule has 3 N–H and O–H groups in total. The van der Waals surface area contributed by atoms with Crippen LogP contribution in [0, 0.1) is 0 Å². The van der Waals surface area contributed by atoms with Gasteiger partial charge in [0.2, 0.25) is 0 Å². The Bertz CT molecular complexity index is 399. The maximum absolute atomic E-state index is 9.40. The fourth-order valence-corrected chi connectivity index (χ4v) is 1.83. The van der Waals surface area contributed by atoms with E-state index >= 15 is 0 Å². The Hall–Kier alpha value is -1.48. The predicted octanol–water partition coefficient (Wildman–Crippen LogP) is 1.86. The highest BCUT2D eigenvalue weighted by molar-refractivity contribution is 5.69. The smallest absolute Gasteiger partial charge is 0.157 e. The van der Waals surface area contributed by atoms with Gasteiger partial charge in [-0.3, -0.25) is 0 Å². The van der Waals surface area contributed by atoms with Crippen LogP contribution in [-0.2, 0) is 0 Å². The lowest BCUT2D eigenvalue weighted by Gasteiger charge is -2.21. The lowest BCUT2D eigenvalue weighted by molar-refractivity contribution is 0.403. The molecule has 15 heavy (non-hydrogen) atoms. The van der Waals surface area contributed by atoms with E-state index in [1.54, 1.807) is 6.07 Å². The molecule has 1 aliphatic heterocycles. The summed E-state index contributed by atoms with van der Waals surface area (Å²) in [6.45, 7) is 2.99. The summed E-state index contributed by atoms with van der Waals surface area (Å²) in [5.74, 6) is -0.124.